The van der Waals surface area contributed by atoms with Crippen molar-refractivity contribution in [1.29, 1.82) is 0 Å². The summed E-state index contributed by atoms with van der Waals surface area (Å²) in [6.45, 7) is 1.15. The Morgan fingerprint density at radius 3 is 2.62 bits per heavy atom. The first-order chi connectivity index (χ1) is 10.1. The summed E-state index contributed by atoms with van der Waals surface area (Å²) in [4.78, 5) is 2.42. The van der Waals surface area contributed by atoms with Crippen molar-refractivity contribution in [1.82, 2.24) is 10.2 Å². The molecular weight excluding hydrogens is 260 g/mol. The van der Waals surface area contributed by atoms with E-state index in [1.54, 1.807) is 7.11 Å². The van der Waals surface area contributed by atoms with Crippen LogP contribution in [0, 0.1) is 0 Å². The summed E-state index contributed by atoms with van der Waals surface area (Å²) in [5.41, 5.74) is 1.86. The van der Waals surface area contributed by atoms with Gasteiger partial charge in [0.1, 0.15) is 5.75 Å². The SMILES string of the molecule is COc1cccc(C2CC(NCC3(N(C)C)CCC3)C2)c1. The molecule has 2 aliphatic carbocycles. The number of methoxy groups -OCH3 is 1. The first-order valence-electron chi connectivity index (χ1n) is 8.18. The lowest BCUT2D eigenvalue weighted by Crippen LogP contribution is -2.58. The third kappa shape index (κ3) is 2.95. The maximum absolute atomic E-state index is 5.32. The molecule has 2 fully saturated rings. The summed E-state index contributed by atoms with van der Waals surface area (Å²) in [6.07, 6.45) is 6.60. The van der Waals surface area contributed by atoms with Gasteiger partial charge in [0.15, 0.2) is 0 Å². The third-order valence-corrected chi connectivity index (χ3v) is 5.66. The van der Waals surface area contributed by atoms with E-state index >= 15 is 0 Å². The summed E-state index contributed by atoms with van der Waals surface area (Å²) in [5.74, 6) is 1.68. The van der Waals surface area contributed by atoms with Gasteiger partial charge in [-0.3, -0.25) is 0 Å². The van der Waals surface area contributed by atoms with Gasteiger partial charge in [-0.15, -0.1) is 0 Å². The zero-order chi connectivity index (χ0) is 14.9. The predicted octanol–water partition coefficient (Wildman–Crippen LogP) is 3.02. The molecule has 3 nitrogen and oxygen atoms in total. The Bertz CT molecular complexity index is 476. The maximum atomic E-state index is 5.32. The average Bonchev–Trinajstić information content (AvgIpc) is 2.39. The fraction of sp³-hybridized carbons (Fsp3) is 0.667. The van der Waals surface area contributed by atoms with Crippen LogP contribution in [-0.4, -0.2) is 44.2 Å². The first-order valence-corrected chi connectivity index (χ1v) is 8.18. The summed E-state index contributed by atoms with van der Waals surface area (Å²) in [5, 5.41) is 3.80. The number of nitrogens with one attached hydrogen (secondary N) is 1. The van der Waals surface area contributed by atoms with E-state index in [9.17, 15) is 0 Å². The minimum atomic E-state index is 0.432. The molecule has 0 atom stereocenters. The van der Waals surface area contributed by atoms with Crippen LogP contribution < -0.4 is 10.1 Å². The van der Waals surface area contributed by atoms with Gasteiger partial charge in [0, 0.05) is 18.1 Å². The molecule has 1 aromatic carbocycles. The number of hydrogen-bond acceptors (Lipinski definition) is 3. The van der Waals surface area contributed by atoms with Gasteiger partial charge in [0.25, 0.3) is 0 Å². The highest BCUT2D eigenvalue weighted by Crippen LogP contribution is 2.40. The Kier molecular flexibility index (Phi) is 4.23. The minimum Gasteiger partial charge on any atom is -0.497 e. The van der Waals surface area contributed by atoms with Crippen molar-refractivity contribution in [3.63, 3.8) is 0 Å². The van der Waals surface area contributed by atoms with Crippen LogP contribution in [0.25, 0.3) is 0 Å². The Labute approximate surface area is 128 Å². The number of ether oxygens (including phenoxy) is 1. The molecule has 2 saturated carbocycles. The fourth-order valence-corrected chi connectivity index (χ4v) is 3.65. The average molecular weight is 288 g/mol. The van der Waals surface area contributed by atoms with Crippen LogP contribution in [0.15, 0.2) is 24.3 Å². The van der Waals surface area contributed by atoms with E-state index < -0.39 is 0 Å². The topological polar surface area (TPSA) is 24.5 Å². The molecule has 2 aliphatic rings. The molecule has 1 aromatic rings. The molecular formula is C18H28N2O. The molecule has 0 heterocycles. The van der Waals surface area contributed by atoms with Gasteiger partial charge in [0.2, 0.25) is 0 Å². The second kappa shape index (κ2) is 5.98. The van der Waals surface area contributed by atoms with Crippen LogP contribution >= 0.6 is 0 Å². The molecule has 0 bridgehead atoms. The number of hydrogen-bond donors (Lipinski definition) is 1. The molecule has 0 saturated heterocycles. The molecule has 21 heavy (non-hydrogen) atoms. The largest absolute Gasteiger partial charge is 0.497 e. The predicted molar refractivity (Wildman–Crippen MR) is 87.0 cm³/mol. The lowest BCUT2D eigenvalue weighted by molar-refractivity contribution is 0.0524. The highest BCUT2D eigenvalue weighted by molar-refractivity contribution is 5.32. The fourth-order valence-electron chi connectivity index (χ4n) is 3.65. The lowest BCUT2D eigenvalue weighted by Gasteiger charge is -2.49. The molecule has 0 aromatic heterocycles. The van der Waals surface area contributed by atoms with Crippen molar-refractivity contribution >= 4 is 0 Å². The number of rotatable bonds is 6. The van der Waals surface area contributed by atoms with Crippen molar-refractivity contribution in [2.45, 2.75) is 49.6 Å². The van der Waals surface area contributed by atoms with Gasteiger partial charge < -0.3 is 15.0 Å². The van der Waals surface area contributed by atoms with E-state index in [1.165, 1.54) is 37.7 Å². The van der Waals surface area contributed by atoms with E-state index in [1.807, 2.05) is 6.07 Å². The van der Waals surface area contributed by atoms with Crippen molar-refractivity contribution in [2.24, 2.45) is 0 Å². The zero-order valence-electron chi connectivity index (χ0n) is 13.6. The van der Waals surface area contributed by atoms with Crippen molar-refractivity contribution in [3.8, 4) is 5.75 Å². The summed E-state index contributed by atoms with van der Waals surface area (Å²) < 4.78 is 5.32. The van der Waals surface area contributed by atoms with Crippen LogP contribution in [0.5, 0.6) is 5.75 Å². The van der Waals surface area contributed by atoms with Gasteiger partial charge in [-0.05, 0) is 69.8 Å². The second-order valence-corrected chi connectivity index (χ2v) is 7.00. The van der Waals surface area contributed by atoms with Gasteiger partial charge in [-0.2, -0.15) is 0 Å². The zero-order valence-corrected chi connectivity index (χ0v) is 13.6. The molecule has 0 amide bonds. The highest BCUT2D eigenvalue weighted by atomic mass is 16.5. The molecule has 3 rings (SSSR count). The molecule has 0 spiro atoms. The standard InChI is InChI=1S/C18H28N2O/c1-20(2)18(8-5-9-18)13-19-16-10-15(11-16)14-6-4-7-17(12-14)21-3/h4,6-7,12,15-16,19H,5,8-11,13H2,1-3H3. The Balaban J connectivity index is 1.47. The summed E-state index contributed by atoms with van der Waals surface area (Å²) >= 11 is 0. The van der Waals surface area contributed by atoms with E-state index in [0.29, 0.717) is 17.5 Å². The molecule has 3 heteroatoms. The number of nitrogens with zero attached hydrogens (tertiary/aromatic N) is 1. The lowest BCUT2D eigenvalue weighted by atomic mass is 9.73. The third-order valence-electron chi connectivity index (χ3n) is 5.66. The van der Waals surface area contributed by atoms with Crippen LogP contribution in [0.3, 0.4) is 0 Å². The van der Waals surface area contributed by atoms with E-state index in [4.69, 9.17) is 4.74 Å². The quantitative estimate of drug-likeness (QED) is 0.871. The molecule has 0 unspecified atom stereocenters. The van der Waals surface area contributed by atoms with E-state index in [0.717, 1.165) is 12.3 Å². The van der Waals surface area contributed by atoms with E-state index in [2.05, 4.69) is 42.5 Å². The van der Waals surface area contributed by atoms with Crippen LogP contribution in [-0.2, 0) is 0 Å². The maximum Gasteiger partial charge on any atom is 0.119 e. The normalized spacial score (nSPS) is 27.0. The summed E-state index contributed by atoms with van der Waals surface area (Å²) in [6, 6.07) is 9.24. The van der Waals surface area contributed by atoms with Gasteiger partial charge >= 0.3 is 0 Å². The van der Waals surface area contributed by atoms with Crippen LogP contribution in [0.1, 0.15) is 43.6 Å². The second-order valence-electron chi connectivity index (χ2n) is 7.00. The number of benzene rings is 1. The minimum absolute atomic E-state index is 0.432. The highest BCUT2D eigenvalue weighted by Gasteiger charge is 2.40. The van der Waals surface area contributed by atoms with Crippen molar-refractivity contribution < 1.29 is 4.74 Å². The number of likely N-dealkylation sites (N-methyl/N-ethyl adjacent to an activating group) is 1. The van der Waals surface area contributed by atoms with Gasteiger partial charge in [-0.25, -0.2) is 0 Å². The van der Waals surface area contributed by atoms with Crippen LogP contribution in [0.2, 0.25) is 0 Å². The molecule has 0 aliphatic heterocycles. The van der Waals surface area contributed by atoms with Crippen molar-refractivity contribution in [3.05, 3.63) is 29.8 Å². The molecule has 1 N–H and O–H groups in total. The van der Waals surface area contributed by atoms with Gasteiger partial charge in [0.05, 0.1) is 7.11 Å². The Morgan fingerprint density at radius 2 is 2.05 bits per heavy atom. The van der Waals surface area contributed by atoms with Crippen molar-refractivity contribution in [2.75, 3.05) is 27.7 Å². The molecule has 0 radical (unpaired) electrons. The smallest absolute Gasteiger partial charge is 0.119 e. The Hall–Kier alpha value is -1.06. The van der Waals surface area contributed by atoms with Crippen LogP contribution in [0.4, 0.5) is 0 Å². The van der Waals surface area contributed by atoms with Gasteiger partial charge in [-0.1, -0.05) is 12.1 Å². The van der Waals surface area contributed by atoms with E-state index in [-0.39, 0.29) is 0 Å². The monoisotopic (exact) mass is 288 g/mol. The summed E-state index contributed by atoms with van der Waals surface area (Å²) in [7, 11) is 6.19. The molecule has 116 valence electrons. The first kappa shape index (κ1) is 14.9. The Morgan fingerprint density at radius 1 is 1.29 bits per heavy atom.